The molecule has 0 unspecified atom stereocenters. The quantitative estimate of drug-likeness (QED) is 0.909. The Morgan fingerprint density at radius 2 is 2.00 bits per heavy atom. The topological polar surface area (TPSA) is 71.0 Å². The number of aryl methyl sites for hydroxylation is 1. The Kier molecular flexibility index (Phi) is 5.30. The SMILES string of the molecule is Cc1nc(-c2ncccn2)sc1C(=O)NCCN1CCCCC1. The summed E-state index contributed by atoms with van der Waals surface area (Å²) in [4.78, 5) is 28.2. The number of carbonyl (C=O) groups is 1. The summed E-state index contributed by atoms with van der Waals surface area (Å²) in [5.41, 5.74) is 0.730. The molecule has 1 N–H and O–H groups in total. The van der Waals surface area contributed by atoms with Gasteiger partial charge in [-0.25, -0.2) is 15.0 Å². The van der Waals surface area contributed by atoms with E-state index in [9.17, 15) is 4.79 Å². The highest BCUT2D eigenvalue weighted by atomic mass is 32.1. The van der Waals surface area contributed by atoms with Crippen molar-refractivity contribution in [3.05, 3.63) is 29.0 Å². The van der Waals surface area contributed by atoms with Crippen molar-refractivity contribution in [1.82, 2.24) is 25.2 Å². The van der Waals surface area contributed by atoms with Gasteiger partial charge in [-0.15, -0.1) is 11.3 Å². The van der Waals surface area contributed by atoms with Gasteiger partial charge >= 0.3 is 0 Å². The summed E-state index contributed by atoms with van der Waals surface area (Å²) < 4.78 is 0. The molecule has 23 heavy (non-hydrogen) atoms. The Balaban J connectivity index is 1.58. The molecule has 0 saturated carbocycles. The third-order valence-electron chi connectivity index (χ3n) is 3.92. The van der Waals surface area contributed by atoms with Crippen LogP contribution in [0.1, 0.15) is 34.6 Å². The zero-order valence-corrected chi connectivity index (χ0v) is 14.1. The average molecular weight is 331 g/mol. The van der Waals surface area contributed by atoms with Crippen molar-refractivity contribution in [2.24, 2.45) is 0 Å². The summed E-state index contributed by atoms with van der Waals surface area (Å²) in [6, 6.07) is 1.76. The highest BCUT2D eigenvalue weighted by molar-refractivity contribution is 7.17. The van der Waals surface area contributed by atoms with Crippen LogP contribution in [0.2, 0.25) is 0 Å². The molecule has 0 bridgehead atoms. The maximum absolute atomic E-state index is 12.4. The van der Waals surface area contributed by atoms with E-state index in [2.05, 4.69) is 25.2 Å². The second kappa shape index (κ2) is 7.61. The first-order chi connectivity index (χ1) is 11.2. The number of carbonyl (C=O) groups excluding carboxylic acids is 1. The van der Waals surface area contributed by atoms with Crippen LogP contribution < -0.4 is 5.32 Å². The van der Waals surface area contributed by atoms with Gasteiger partial charge in [-0.2, -0.15) is 0 Å². The van der Waals surface area contributed by atoms with Crippen molar-refractivity contribution in [3.63, 3.8) is 0 Å². The Hall–Kier alpha value is -1.86. The van der Waals surface area contributed by atoms with Crippen molar-refractivity contribution < 1.29 is 4.79 Å². The Labute approximate surface area is 140 Å². The first-order valence-corrected chi connectivity index (χ1v) is 8.81. The minimum absolute atomic E-state index is 0.0563. The summed E-state index contributed by atoms with van der Waals surface area (Å²) in [5, 5.41) is 3.69. The lowest BCUT2D eigenvalue weighted by atomic mass is 10.1. The van der Waals surface area contributed by atoms with Crippen LogP contribution in [0.5, 0.6) is 0 Å². The van der Waals surface area contributed by atoms with Crippen LogP contribution in [0.15, 0.2) is 18.5 Å². The number of aromatic nitrogens is 3. The maximum atomic E-state index is 12.4. The van der Waals surface area contributed by atoms with E-state index in [-0.39, 0.29) is 5.91 Å². The number of thiazole rings is 1. The number of piperidine rings is 1. The van der Waals surface area contributed by atoms with Crippen LogP contribution in [-0.4, -0.2) is 51.9 Å². The average Bonchev–Trinajstić information content (AvgIpc) is 2.98. The number of rotatable bonds is 5. The highest BCUT2D eigenvalue weighted by Gasteiger charge is 2.17. The Morgan fingerprint density at radius 1 is 1.26 bits per heavy atom. The molecule has 3 heterocycles. The molecule has 1 saturated heterocycles. The molecule has 1 aliphatic heterocycles. The molecule has 1 fully saturated rings. The summed E-state index contributed by atoms with van der Waals surface area (Å²) >= 11 is 1.34. The normalized spacial score (nSPS) is 15.5. The molecule has 0 spiro atoms. The van der Waals surface area contributed by atoms with Crippen LogP contribution >= 0.6 is 11.3 Å². The second-order valence-electron chi connectivity index (χ2n) is 5.66. The smallest absolute Gasteiger partial charge is 0.263 e. The van der Waals surface area contributed by atoms with Crippen LogP contribution in [0.25, 0.3) is 10.8 Å². The van der Waals surface area contributed by atoms with Crippen LogP contribution in [-0.2, 0) is 0 Å². The fourth-order valence-corrected chi connectivity index (χ4v) is 3.63. The van der Waals surface area contributed by atoms with Crippen molar-refractivity contribution in [3.8, 4) is 10.8 Å². The number of nitrogens with zero attached hydrogens (tertiary/aromatic N) is 4. The molecule has 0 aromatic carbocycles. The van der Waals surface area contributed by atoms with Gasteiger partial charge in [0.1, 0.15) is 4.88 Å². The van der Waals surface area contributed by atoms with Crippen LogP contribution in [0.4, 0.5) is 0 Å². The van der Waals surface area contributed by atoms with Crippen LogP contribution in [0, 0.1) is 6.92 Å². The van der Waals surface area contributed by atoms with Gasteiger partial charge < -0.3 is 10.2 Å². The van der Waals surface area contributed by atoms with E-state index in [1.165, 1.54) is 30.6 Å². The fraction of sp³-hybridized carbons (Fsp3) is 0.500. The molecule has 1 aliphatic rings. The van der Waals surface area contributed by atoms with E-state index >= 15 is 0 Å². The van der Waals surface area contributed by atoms with Crippen molar-refractivity contribution in [2.45, 2.75) is 26.2 Å². The molecule has 2 aromatic rings. The van der Waals surface area contributed by atoms with Crippen molar-refractivity contribution >= 4 is 17.2 Å². The van der Waals surface area contributed by atoms with Gasteiger partial charge in [-0.3, -0.25) is 4.79 Å². The van der Waals surface area contributed by atoms with Gasteiger partial charge in [0, 0.05) is 25.5 Å². The number of amides is 1. The molecule has 0 radical (unpaired) electrons. The Morgan fingerprint density at radius 3 is 2.74 bits per heavy atom. The number of hydrogen-bond donors (Lipinski definition) is 1. The number of nitrogens with one attached hydrogen (secondary N) is 1. The minimum atomic E-state index is -0.0563. The van der Waals surface area contributed by atoms with Crippen LogP contribution in [0.3, 0.4) is 0 Å². The zero-order chi connectivity index (χ0) is 16.1. The summed E-state index contributed by atoms with van der Waals surface area (Å²) in [6.07, 6.45) is 7.22. The number of hydrogen-bond acceptors (Lipinski definition) is 6. The van der Waals surface area contributed by atoms with E-state index in [1.54, 1.807) is 18.5 Å². The molecule has 0 atom stereocenters. The molecule has 6 nitrogen and oxygen atoms in total. The van der Waals surface area contributed by atoms with Gasteiger partial charge in [0.15, 0.2) is 10.8 Å². The number of likely N-dealkylation sites (tertiary alicyclic amines) is 1. The van der Waals surface area contributed by atoms with E-state index in [1.807, 2.05) is 6.92 Å². The maximum Gasteiger partial charge on any atom is 0.263 e. The highest BCUT2D eigenvalue weighted by Crippen LogP contribution is 2.24. The third kappa shape index (κ3) is 4.11. The lowest BCUT2D eigenvalue weighted by Crippen LogP contribution is -2.37. The third-order valence-corrected chi connectivity index (χ3v) is 5.07. The summed E-state index contributed by atoms with van der Waals surface area (Å²) in [5.74, 6) is 0.507. The van der Waals surface area contributed by atoms with Gasteiger partial charge in [0.25, 0.3) is 5.91 Å². The lowest BCUT2D eigenvalue weighted by Gasteiger charge is -2.26. The van der Waals surface area contributed by atoms with Crippen molar-refractivity contribution in [2.75, 3.05) is 26.2 Å². The van der Waals surface area contributed by atoms with Gasteiger partial charge in [0.2, 0.25) is 0 Å². The molecular weight excluding hydrogens is 310 g/mol. The molecule has 122 valence electrons. The fourth-order valence-electron chi connectivity index (χ4n) is 2.70. The lowest BCUT2D eigenvalue weighted by molar-refractivity contribution is 0.0950. The molecule has 7 heteroatoms. The molecule has 0 aliphatic carbocycles. The molecular formula is C16H21N5OS. The van der Waals surface area contributed by atoms with Gasteiger partial charge in [-0.05, 0) is 38.9 Å². The van der Waals surface area contributed by atoms with E-state index in [0.29, 0.717) is 22.3 Å². The first kappa shape index (κ1) is 16.0. The first-order valence-electron chi connectivity index (χ1n) is 7.99. The molecule has 1 amide bonds. The predicted molar refractivity (Wildman–Crippen MR) is 90.5 cm³/mol. The largest absolute Gasteiger partial charge is 0.350 e. The predicted octanol–water partition coefficient (Wildman–Crippen LogP) is 2.12. The molecule has 3 rings (SSSR count). The van der Waals surface area contributed by atoms with Gasteiger partial charge in [-0.1, -0.05) is 6.42 Å². The second-order valence-corrected chi connectivity index (χ2v) is 6.66. The van der Waals surface area contributed by atoms with E-state index < -0.39 is 0 Å². The Bertz CT molecular complexity index is 652. The van der Waals surface area contributed by atoms with Crippen molar-refractivity contribution in [1.29, 1.82) is 0 Å². The standard InChI is InChI=1S/C16H21N5OS/c1-12-13(23-16(20-12)14-17-6-5-7-18-14)15(22)19-8-11-21-9-3-2-4-10-21/h5-7H,2-4,8-11H2,1H3,(H,19,22). The summed E-state index contributed by atoms with van der Waals surface area (Å²) in [7, 11) is 0. The van der Waals surface area contributed by atoms with Gasteiger partial charge in [0.05, 0.1) is 5.69 Å². The van der Waals surface area contributed by atoms with E-state index in [4.69, 9.17) is 0 Å². The zero-order valence-electron chi connectivity index (χ0n) is 13.3. The molecule has 2 aromatic heterocycles. The van der Waals surface area contributed by atoms with E-state index in [0.717, 1.165) is 25.3 Å². The monoisotopic (exact) mass is 331 g/mol. The minimum Gasteiger partial charge on any atom is -0.350 e. The summed E-state index contributed by atoms with van der Waals surface area (Å²) in [6.45, 7) is 5.73.